The highest BCUT2D eigenvalue weighted by Crippen LogP contribution is 2.28. The molecule has 1 aliphatic rings. The molecule has 30 heavy (non-hydrogen) atoms. The van der Waals surface area contributed by atoms with Crippen molar-refractivity contribution in [3.8, 4) is 0 Å². The van der Waals surface area contributed by atoms with Crippen molar-refractivity contribution in [3.05, 3.63) is 80.4 Å². The van der Waals surface area contributed by atoms with Crippen LogP contribution in [0.3, 0.4) is 0 Å². The quantitative estimate of drug-likeness (QED) is 0.574. The van der Waals surface area contributed by atoms with E-state index in [1.54, 1.807) is 29.9 Å². The standard InChI is InChI=1S/C23H28N4OS2/c1-29-20-6-9-27(10-7-20)16-19(21-5-3-11-30-21)13-22-25-15-18(23(28)26-22)12-17-4-2-8-24-14-17/h2-5,8,11,14-15,19-20H,6-7,9-10,12-13,16H2,1H3,(H,25,26,28). The summed E-state index contributed by atoms with van der Waals surface area (Å²) in [5.74, 6) is 1.12. The van der Waals surface area contributed by atoms with Gasteiger partial charge in [-0.25, -0.2) is 4.98 Å². The van der Waals surface area contributed by atoms with E-state index in [1.807, 2.05) is 23.9 Å². The first-order chi connectivity index (χ1) is 14.7. The van der Waals surface area contributed by atoms with Crippen LogP contribution in [0.5, 0.6) is 0 Å². The van der Waals surface area contributed by atoms with Gasteiger partial charge in [-0.1, -0.05) is 12.1 Å². The SMILES string of the molecule is CSC1CCN(CC(Cc2ncc(Cc3cccnc3)c(=O)[nH]2)c2cccs2)CC1. The van der Waals surface area contributed by atoms with Gasteiger partial charge in [0.25, 0.3) is 5.56 Å². The summed E-state index contributed by atoms with van der Waals surface area (Å²) in [7, 11) is 0. The number of H-pyrrole nitrogens is 1. The van der Waals surface area contributed by atoms with Crippen molar-refractivity contribution in [3.63, 3.8) is 0 Å². The molecule has 0 aromatic carbocycles. The second-order valence-electron chi connectivity index (χ2n) is 7.87. The summed E-state index contributed by atoms with van der Waals surface area (Å²) in [6, 6.07) is 8.19. The van der Waals surface area contributed by atoms with Gasteiger partial charge in [-0.05, 0) is 55.3 Å². The van der Waals surface area contributed by atoms with Crippen LogP contribution in [0.4, 0.5) is 0 Å². The zero-order valence-corrected chi connectivity index (χ0v) is 18.9. The van der Waals surface area contributed by atoms with Crippen LogP contribution in [0.25, 0.3) is 0 Å². The minimum Gasteiger partial charge on any atom is -0.310 e. The highest BCUT2D eigenvalue weighted by Gasteiger charge is 2.23. The van der Waals surface area contributed by atoms with Crippen LogP contribution in [-0.2, 0) is 12.8 Å². The number of piperidine rings is 1. The van der Waals surface area contributed by atoms with E-state index in [0.717, 1.165) is 42.7 Å². The van der Waals surface area contributed by atoms with Gasteiger partial charge in [-0.2, -0.15) is 11.8 Å². The first kappa shape index (κ1) is 21.3. The van der Waals surface area contributed by atoms with E-state index >= 15 is 0 Å². The normalized spacial score (nSPS) is 16.6. The average molecular weight is 441 g/mol. The fraction of sp³-hybridized carbons (Fsp3) is 0.435. The molecule has 1 N–H and O–H groups in total. The molecule has 158 valence electrons. The monoisotopic (exact) mass is 440 g/mol. The largest absolute Gasteiger partial charge is 0.310 e. The molecule has 7 heteroatoms. The zero-order chi connectivity index (χ0) is 20.8. The lowest BCUT2D eigenvalue weighted by Crippen LogP contribution is -2.38. The van der Waals surface area contributed by atoms with Crippen molar-refractivity contribution in [2.75, 3.05) is 25.9 Å². The topological polar surface area (TPSA) is 61.9 Å². The Balaban J connectivity index is 1.45. The van der Waals surface area contributed by atoms with Crippen molar-refractivity contribution in [2.24, 2.45) is 0 Å². The summed E-state index contributed by atoms with van der Waals surface area (Å²) in [5, 5.41) is 2.93. The maximum atomic E-state index is 12.6. The minimum absolute atomic E-state index is 0.0467. The number of rotatable bonds is 8. The van der Waals surface area contributed by atoms with E-state index in [2.05, 4.69) is 43.6 Å². The van der Waals surface area contributed by atoms with Crippen molar-refractivity contribution < 1.29 is 0 Å². The smallest absolute Gasteiger partial charge is 0.254 e. The number of aromatic amines is 1. The lowest BCUT2D eigenvalue weighted by atomic mass is 10.00. The second kappa shape index (κ2) is 10.4. The molecule has 3 aromatic rings. The molecule has 0 saturated carbocycles. The highest BCUT2D eigenvalue weighted by atomic mass is 32.2. The molecule has 0 aliphatic carbocycles. The van der Waals surface area contributed by atoms with Crippen LogP contribution in [0, 0.1) is 0 Å². The van der Waals surface area contributed by atoms with E-state index in [-0.39, 0.29) is 5.56 Å². The van der Waals surface area contributed by atoms with Crippen LogP contribution in [0.2, 0.25) is 0 Å². The average Bonchev–Trinajstić information content (AvgIpc) is 3.31. The van der Waals surface area contributed by atoms with E-state index in [0.29, 0.717) is 17.9 Å². The van der Waals surface area contributed by atoms with Crippen LogP contribution >= 0.6 is 23.1 Å². The number of thiophene rings is 1. The van der Waals surface area contributed by atoms with E-state index in [9.17, 15) is 4.79 Å². The zero-order valence-electron chi connectivity index (χ0n) is 17.3. The van der Waals surface area contributed by atoms with Crippen molar-refractivity contribution in [2.45, 2.75) is 36.9 Å². The third kappa shape index (κ3) is 5.59. The van der Waals surface area contributed by atoms with Gasteiger partial charge in [0, 0.05) is 59.6 Å². The number of likely N-dealkylation sites (tertiary alicyclic amines) is 1. The molecule has 1 unspecified atom stereocenters. The number of thioether (sulfide) groups is 1. The Morgan fingerprint density at radius 1 is 1.27 bits per heavy atom. The van der Waals surface area contributed by atoms with Crippen molar-refractivity contribution in [1.29, 1.82) is 0 Å². The number of aromatic nitrogens is 3. The molecule has 1 fully saturated rings. The Morgan fingerprint density at radius 3 is 2.80 bits per heavy atom. The van der Waals surface area contributed by atoms with Crippen LogP contribution < -0.4 is 5.56 Å². The molecule has 3 aromatic heterocycles. The fourth-order valence-electron chi connectivity index (χ4n) is 4.06. The maximum Gasteiger partial charge on any atom is 0.254 e. The molecule has 4 rings (SSSR count). The Labute approximate surface area is 186 Å². The summed E-state index contributed by atoms with van der Waals surface area (Å²) >= 11 is 3.79. The second-order valence-corrected chi connectivity index (χ2v) is 9.99. The Hall–Kier alpha value is -1.96. The molecule has 4 heterocycles. The molecule has 0 radical (unpaired) electrons. The fourth-order valence-corrected chi connectivity index (χ4v) is 5.57. The number of hydrogen-bond donors (Lipinski definition) is 1. The molecule has 0 spiro atoms. The van der Waals surface area contributed by atoms with Gasteiger partial charge in [0.2, 0.25) is 0 Å². The molecule has 0 amide bonds. The number of hydrogen-bond acceptors (Lipinski definition) is 6. The number of nitrogens with zero attached hydrogens (tertiary/aromatic N) is 3. The predicted octanol–water partition coefficient (Wildman–Crippen LogP) is 3.97. The molecular weight excluding hydrogens is 412 g/mol. The summed E-state index contributed by atoms with van der Waals surface area (Å²) in [6.45, 7) is 3.32. The lowest BCUT2D eigenvalue weighted by molar-refractivity contribution is 0.218. The highest BCUT2D eigenvalue weighted by molar-refractivity contribution is 7.99. The Kier molecular flexibility index (Phi) is 7.36. The number of nitrogens with one attached hydrogen (secondary N) is 1. The maximum absolute atomic E-state index is 12.6. The predicted molar refractivity (Wildman–Crippen MR) is 126 cm³/mol. The third-order valence-electron chi connectivity index (χ3n) is 5.77. The van der Waals surface area contributed by atoms with Gasteiger partial charge in [0.1, 0.15) is 5.82 Å². The van der Waals surface area contributed by atoms with E-state index < -0.39 is 0 Å². The molecular formula is C23H28N4OS2. The molecule has 1 atom stereocenters. The van der Waals surface area contributed by atoms with Crippen LogP contribution in [0.15, 0.2) is 53.0 Å². The van der Waals surface area contributed by atoms with Crippen LogP contribution in [0.1, 0.15) is 40.6 Å². The lowest BCUT2D eigenvalue weighted by Gasteiger charge is -2.33. The first-order valence-corrected chi connectivity index (χ1v) is 12.6. The van der Waals surface area contributed by atoms with Gasteiger partial charge < -0.3 is 9.88 Å². The Bertz CT molecular complexity index is 966. The summed E-state index contributed by atoms with van der Waals surface area (Å²) in [4.78, 5) is 28.4. The Morgan fingerprint density at radius 2 is 2.13 bits per heavy atom. The summed E-state index contributed by atoms with van der Waals surface area (Å²) in [6.07, 6.45) is 11.3. The van der Waals surface area contributed by atoms with Gasteiger partial charge in [0.15, 0.2) is 0 Å². The van der Waals surface area contributed by atoms with E-state index in [4.69, 9.17) is 0 Å². The molecule has 1 saturated heterocycles. The summed E-state index contributed by atoms with van der Waals surface area (Å²) < 4.78 is 0. The van der Waals surface area contributed by atoms with Gasteiger partial charge in [-0.15, -0.1) is 11.3 Å². The molecule has 0 bridgehead atoms. The van der Waals surface area contributed by atoms with Gasteiger partial charge in [-0.3, -0.25) is 9.78 Å². The summed E-state index contributed by atoms with van der Waals surface area (Å²) in [5.41, 5.74) is 1.65. The number of pyridine rings is 1. The van der Waals surface area contributed by atoms with Crippen molar-refractivity contribution >= 4 is 23.1 Å². The van der Waals surface area contributed by atoms with Gasteiger partial charge in [0.05, 0.1) is 0 Å². The minimum atomic E-state index is -0.0467. The molecule has 1 aliphatic heterocycles. The first-order valence-electron chi connectivity index (χ1n) is 10.5. The van der Waals surface area contributed by atoms with E-state index in [1.165, 1.54) is 17.7 Å². The molecule has 5 nitrogen and oxygen atoms in total. The van der Waals surface area contributed by atoms with Crippen molar-refractivity contribution in [1.82, 2.24) is 19.9 Å². The van der Waals surface area contributed by atoms with Gasteiger partial charge >= 0.3 is 0 Å². The third-order valence-corrected chi connectivity index (χ3v) is 7.95. The van der Waals surface area contributed by atoms with Crippen LogP contribution in [-0.4, -0.2) is 51.0 Å².